The van der Waals surface area contributed by atoms with Crippen LogP contribution in [-0.4, -0.2) is 25.8 Å². The van der Waals surface area contributed by atoms with Gasteiger partial charge in [0.25, 0.3) is 0 Å². The number of likely N-dealkylation sites (tertiary alicyclic amines) is 1. The van der Waals surface area contributed by atoms with Gasteiger partial charge in [0, 0.05) is 34.7 Å². The van der Waals surface area contributed by atoms with Crippen molar-refractivity contribution in [3.8, 4) is 0 Å². The summed E-state index contributed by atoms with van der Waals surface area (Å²) >= 11 is 1.93. The monoisotopic (exact) mass is 298 g/mol. The predicted octanol–water partition coefficient (Wildman–Crippen LogP) is 3.44. The van der Waals surface area contributed by atoms with Crippen LogP contribution in [0.5, 0.6) is 0 Å². The van der Waals surface area contributed by atoms with Crippen molar-refractivity contribution in [2.75, 3.05) is 6.54 Å². The molecule has 1 saturated heterocycles. The number of aryl methyl sites for hydroxylation is 1. The summed E-state index contributed by atoms with van der Waals surface area (Å²) in [6.45, 7) is 4.30. The summed E-state index contributed by atoms with van der Waals surface area (Å²) in [5.41, 5.74) is 2.17. The van der Waals surface area contributed by atoms with E-state index in [1.54, 1.807) is 0 Å². The number of thiophene rings is 1. The summed E-state index contributed by atoms with van der Waals surface area (Å²) < 4.78 is 2.14. The molecule has 0 radical (unpaired) electrons. The summed E-state index contributed by atoms with van der Waals surface area (Å²) in [7, 11) is 0. The average Bonchev–Trinajstić information content (AvgIpc) is 3.20. The first-order valence-electron chi connectivity index (χ1n) is 7.37. The first-order valence-corrected chi connectivity index (χ1v) is 8.19. The highest BCUT2D eigenvalue weighted by molar-refractivity contribution is 7.12. The number of hydrogen-bond acceptors (Lipinski definition) is 4. The Bertz CT molecular complexity index is 760. The van der Waals surface area contributed by atoms with E-state index in [9.17, 15) is 0 Å². The van der Waals surface area contributed by atoms with Crippen LogP contribution >= 0.6 is 11.3 Å². The van der Waals surface area contributed by atoms with E-state index in [1.165, 1.54) is 34.8 Å². The number of aromatic nitrogens is 3. The highest BCUT2D eigenvalue weighted by Crippen LogP contribution is 2.36. The van der Waals surface area contributed by atoms with E-state index in [0.717, 1.165) is 12.2 Å². The molecule has 0 bridgehead atoms. The van der Waals surface area contributed by atoms with Crippen LogP contribution in [-0.2, 0) is 6.54 Å². The third-order valence-electron chi connectivity index (χ3n) is 4.21. The minimum Gasteiger partial charge on any atom is -0.300 e. The van der Waals surface area contributed by atoms with Gasteiger partial charge in [-0.3, -0.25) is 14.3 Å². The quantitative estimate of drug-likeness (QED) is 0.742. The van der Waals surface area contributed by atoms with Crippen molar-refractivity contribution in [3.63, 3.8) is 0 Å². The second-order valence-corrected chi connectivity index (χ2v) is 6.95. The molecule has 5 heteroatoms. The van der Waals surface area contributed by atoms with Crippen molar-refractivity contribution >= 4 is 17.0 Å². The highest BCUT2D eigenvalue weighted by atomic mass is 32.1. The fraction of sp³-hybridized carbons (Fsp3) is 0.375. The number of hydrogen-bond donors (Lipinski definition) is 0. The van der Waals surface area contributed by atoms with Crippen LogP contribution in [0.3, 0.4) is 0 Å². The van der Waals surface area contributed by atoms with Gasteiger partial charge in [-0.15, -0.1) is 11.3 Å². The molecule has 0 aromatic carbocycles. The van der Waals surface area contributed by atoms with Crippen LogP contribution in [0.25, 0.3) is 5.65 Å². The molecule has 0 N–H and O–H groups in total. The molecule has 0 amide bonds. The van der Waals surface area contributed by atoms with Crippen molar-refractivity contribution in [1.29, 1.82) is 0 Å². The van der Waals surface area contributed by atoms with E-state index in [4.69, 9.17) is 0 Å². The zero-order valence-corrected chi connectivity index (χ0v) is 12.9. The maximum absolute atomic E-state index is 4.44. The molecule has 1 aliphatic heterocycles. The summed E-state index contributed by atoms with van der Waals surface area (Å²) in [6.07, 6.45) is 10.2. The van der Waals surface area contributed by atoms with E-state index in [0.29, 0.717) is 6.04 Å². The minimum absolute atomic E-state index is 0.566. The number of fused-ring (bicyclic) bond motifs is 1. The molecular weight excluding hydrogens is 280 g/mol. The van der Waals surface area contributed by atoms with Crippen molar-refractivity contribution in [3.05, 3.63) is 52.4 Å². The second kappa shape index (κ2) is 5.24. The lowest BCUT2D eigenvalue weighted by Crippen LogP contribution is -2.22. The molecule has 0 spiro atoms. The maximum atomic E-state index is 4.44. The van der Waals surface area contributed by atoms with Gasteiger partial charge in [0.2, 0.25) is 0 Å². The Morgan fingerprint density at radius 1 is 1.33 bits per heavy atom. The predicted molar refractivity (Wildman–Crippen MR) is 84.4 cm³/mol. The molecule has 4 heterocycles. The van der Waals surface area contributed by atoms with Gasteiger partial charge in [-0.05, 0) is 38.4 Å². The highest BCUT2D eigenvalue weighted by Gasteiger charge is 2.27. The van der Waals surface area contributed by atoms with Crippen LogP contribution < -0.4 is 0 Å². The SMILES string of the molecule is Cc1ccc(C2CCCN2Cc2cnc3cnccn23)s1. The van der Waals surface area contributed by atoms with E-state index in [1.807, 2.05) is 36.1 Å². The van der Waals surface area contributed by atoms with E-state index in [2.05, 4.69) is 38.3 Å². The minimum atomic E-state index is 0.566. The number of rotatable bonds is 3. The van der Waals surface area contributed by atoms with Gasteiger partial charge in [0.1, 0.15) is 0 Å². The molecule has 0 saturated carbocycles. The number of imidazole rings is 1. The van der Waals surface area contributed by atoms with Gasteiger partial charge in [-0.1, -0.05) is 0 Å². The van der Waals surface area contributed by atoms with Crippen LogP contribution in [0.4, 0.5) is 0 Å². The summed E-state index contributed by atoms with van der Waals surface area (Å²) in [5, 5.41) is 0. The largest absolute Gasteiger partial charge is 0.300 e. The fourth-order valence-corrected chi connectivity index (χ4v) is 4.24. The Morgan fingerprint density at radius 2 is 2.29 bits per heavy atom. The third kappa shape index (κ3) is 2.36. The summed E-state index contributed by atoms with van der Waals surface area (Å²) in [4.78, 5) is 14.0. The van der Waals surface area contributed by atoms with Crippen LogP contribution in [0.1, 0.15) is 34.3 Å². The second-order valence-electron chi connectivity index (χ2n) is 5.63. The summed E-state index contributed by atoms with van der Waals surface area (Å²) in [6, 6.07) is 5.09. The Balaban J connectivity index is 1.61. The van der Waals surface area contributed by atoms with Crippen LogP contribution in [0, 0.1) is 6.92 Å². The smallest absolute Gasteiger partial charge is 0.155 e. The Morgan fingerprint density at radius 3 is 3.14 bits per heavy atom. The Hall–Kier alpha value is -1.72. The topological polar surface area (TPSA) is 33.4 Å². The van der Waals surface area contributed by atoms with Gasteiger partial charge in [-0.2, -0.15) is 0 Å². The van der Waals surface area contributed by atoms with E-state index in [-0.39, 0.29) is 0 Å². The maximum Gasteiger partial charge on any atom is 0.155 e. The van der Waals surface area contributed by atoms with Gasteiger partial charge in [0.05, 0.1) is 18.1 Å². The molecule has 108 valence electrons. The zero-order chi connectivity index (χ0) is 14.2. The molecule has 3 aromatic rings. The normalized spacial score (nSPS) is 19.6. The van der Waals surface area contributed by atoms with E-state index >= 15 is 0 Å². The molecule has 1 aliphatic rings. The van der Waals surface area contributed by atoms with Gasteiger partial charge < -0.3 is 0 Å². The zero-order valence-electron chi connectivity index (χ0n) is 12.1. The molecular formula is C16H18N4S. The van der Waals surface area contributed by atoms with Crippen molar-refractivity contribution in [2.24, 2.45) is 0 Å². The lowest BCUT2D eigenvalue weighted by atomic mass is 10.2. The molecule has 1 fully saturated rings. The first kappa shape index (κ1) is 13.0. The lowest BCUT2D eigenvalue weighted by molar-refractivity contribution is 0.248. The molecule has 0 aliphatic carbocycles. The van der Waals surface area contributed by atoms with Crippen molar-refractivity contribution < 1.29 is 0 Å². The van der Waals surface area contributed by atoms with Gasteiger partial charge in [-0.25, -0.2) is 4.98 Å². The Kier molecular flexibility index (Phi) is 3.24. The third-order valence-corrected chi connectivity index (χ3v) is 5.31. The number of nitrogens with zero attached hydrogens (tertiary/aromatic N) is 4. The molecule has 1 atom stereocenters. The lowest BCUT2D eigenvalue weighted by Gasteiger charge is -2.23. The molecule has 3 aromatic heterocycles. The van der Waals surface area contributed by atoms with Crippen LogP contribution in [0.2, 0.25) is 0 Å². The van der Waals surface area contributed by atoms with Crippen molar-refractivity contribution in [2.45, 2.75) is 32.4 Å². The Labute approximate surface area is 128 Å². The van der Waals surface area contributed by atoms with E-state index < -0.39 is 0 Å². The summed E-state index contributed by atoms with van der Waals surface area (Å²) in [5.74, 6) is 0. The van der Waals surface area contributed by atoms with Gasteiger partial charge in [0.15, 0.2) is 5.65 Å². The standard InChI is InChI=1S/C16H18N4S/c1-12-4-5-15(21-12)14-3-2-7-19(14)11-13-9-18-16-10-17-6-8-20(13)16/h4-6,8-10,14H,2-3,7,11H2,1H3. The fourth-order valence-electron chi connectivity index (χ4n) is 3.19. The molecule has 1 unspecified atom stereocenters. The molecule has 21 heavy (non-hydrogen) atoms. The average molecular weight is 298 g/mol. The van der Waals surface area contributed by atoms with Gasteiger partial charge >= 0.3 is 0 Å². The first-order chi connectivity index (χ1) is 10.3. The molecule has 4 nitrogen and oxygen atoms in total. The van der Waals surface area contributed by atoms with Crippen LogP contribution in [0.15, 0.2) is 36.9 Å². The van der Waals surface area contributed by atoms with Crippen molar-refractivity contribution in [1.82, 2.24) is 19.3 Å². The molecule has 4 rings (SSSR count).